The Morgan fingerprint density at radius 1 is 0.975 bits per heavy atom. The number of halogens is 1. The number of hydrogen-bond donors (Lipinski definition) is 1. The summed E-state index contributed by atoms with van der Waals surface area (Å²) in [6, 6.07) is 25.0. The van der Waals surface area contributed by atoms with Crippen molar-refractivity contribution in [1.29, 1.82) is 0 Å². The lowest BCUT2D eigenvalue weighted by Crippen LogP contribution is -2.52. The van der Waals surface area contributed by atoms with E-state index in [1.807, 2.05) is 78.9 Å². The quantitative estimate of drug-likeness (QED) is 0.171. The molecule has 2 amide bonds. The van der Waals surface area contributed by atoms with Crippen molar-refractivity contribution in [2.45, 2.75) is 74.9 Å². The predicted molar refractivity (Wildman–Crippen MR) is 164 cm³/mol. The number of carbonyl (C=O) groups excluding carboxylic acids is 2. The van der Waals surface area contributed by atoms with Crippen LogP contribution < -0.4 is 10.1 Å². The number of ether oxygens (including phenoxy) is 1. The SMILES string of the molecule is COc1cccc(CN(C(=O)CCCSc2ccc(Cl)cc2)[C@@H](Cc2ccccc2)C(=O)NC2CCCCC2)c1. The molecule has 1 N–H and O–H groups in total. The normalized spacial score (nSPS) is 14.3. The summed E-state index contributed by atoms with van der Waals surface area (Å²) in [4.78, 5) is 30.7. The fourth-order valence-electron chi connectivity index (χ4n) is 5.15. The molecule has 3 aromatic carbocycles. The molecule has 5 nitrogen and oxygen atoms in total. The maximum absolute atomic E-state index is 13.9. The molecule has 1 atom stereocenters. The molecule has 0 saturated heterocycles. The third kappa shape index (κ3) is 9.31. The molecule has 0 spiro atoms. The van der Waals surface area contributed by atoms with E-state index in [-0.39, 0.29) is 17.9 Å². The van der Waals surface area contributed by atoms with Crippen LogP contribution in [0.3, 0.4) is 0 Å². The van der Waals surface area contributed by atoms with Crippen LogP contribution in [0.2, 0.25) is 5.02 Å². The number of rotatable bonds is 13. The van der Waals surface area contributed by atoms with Gasteiger partial charge >= 0.3 is 0 Å². The number of methoxy groups -OCH3 is 1. The second-order valence-corrected chi connectivity index (χ2v) is 11.9. The van der Waals surface area contributed by atoms with Crippen LogP contribution in [0, 0.1) is 0 Å². The van der Waals surface area contributed by atoms with Gasteiger partial charge in [0.05, 0.1) is 7.11 Å². The second-order valence-electron chi connectivity index (χ2n) is 10.3. The Kier molecular flexibility index (Phi) is 11.8. The molecule has 1 saturated carbocycles. The van der Waals surface area contributed by atoms with Crippen molar-refractivity contribution in [3.05, 3.63) is 95.0 Å². The molecular weight excluding hydrogens is 540 g/mol. The lowest BCUT2D eigenvalue weighted by Gasteiger charge is -2.33. The fourth-order valence-corrected chi connectivity index (χ4v) is 6.13. The largest absolute Gasteiger partial charge is 0.497 e. The number of carbonyl (C=O) groups is 2. The molecule has 40 heavy (non-hydrogen) atoms. The molecule has 1 aliphatic rings. The van der Waals surface area contributed by atoms with E-state index in [2.05, 4.69) is 5.32 Å². The minimum atomic E-state index is -0.605. The first-order valence-electron chi connectivity index (χ1n) is 14.2. The molecule has 0 aromatic heterocycles. The Bertz CT molecular complexity index is 1220. The van der Waals surface area contributed by atoms with Crippen LogP contribution in [0.1, 0.15) is 56.1 Å². The highest BCUT2D eigenvalue weighted by Crippen LogP contribution is 2.24. The first-order chi connectivity index (χ1) is 19.5. The third-order valence-corrected chi connectivity index (χ3v) is 8.68. The van der Waals surface area contributed by atoms with Gasteiger partial charge in [0.15, 0.2) is 0 Å². The topological polar surface area (TPSA) is 58.6 Å². The van der Waals surface area contributed by atoms with Crippen LogP contribution in [0.5, 0.6) is 5.75 Å². The Balaban J connectivity index is 1.53. The molecule has 3 aromatic rings. The predicted octanol–water partition coefficient (Wildman–Crippen LogP) is 7.31. The maximum atomic E-state index is 13.9. The van der Waals surface area contributed by atoms with Gasteiger partial charge in [0, 0.05) is 35.3 Å². The van der Waals surface area contributed by atoms with Crippen molar-refractivity contribution in [3.8, 4) is 5.75 Å². The average Bonchev–Trinajstić information content (AvgIpc) is 2.99. The van der Waals surface area contributed by atoms with Crippen molar-refractivity contribution >= 4 is 35.2 Å². The van der Waals surface area contributed by atoms with Gasteiger partial charge in [-0.15, -0.1) is 11.8 Å². The minimum Gasteiger partial charge on any atom is -0.497 e. The van der Waals surface area contributed by atoms with Gasteiger partial charge in [0.1, 0.15) is 11.8 Å². The van der Waals surface area contributed by atoms with Crippen LogP contribution in [0.25, 0.3) is 0 Å². The summed E-state index contributed by atoms with van der Waals surface area (Å²) < 4.78 is 5.44. The van der Waals surface area contributed by atoms with Gasteiger partial charge in [0.2, 0.25) is 11.8 Å². The van der Waals surface area contributed by atoms with E-state index < -0.39 is 6.04 Å². The van der Waals surface area contributed by atoms with Gasteiger partial charge in [-0.2, -0.15) is 0 Å². The molecule has 1 aliphatic carbocycles. The standard InChI is InChI=1S/C33H39ClN2O3S/c1-39-29-15-8-12-26(22-29)24-36(32(37)16-9-21-40-30-19-17-27(34)18-20-30)31(23-25-10-4-2-5-11-25)33(38)35-28-13-6-3-7-14-28/h2,4-5,8,10-12,15,17-20,22,28,31H,3,6-7,9,13-14,16,21,23-24H2,1H3,(H,35,38)/t31-/m0/s1. The molecule has 0 radical (unpaired) electrons. The van der Waals surface area contributed by atoms with Gasteiger partial charge in [-0.1, -0.05) is 73.3 Å². The summed E-state index contributed by atoms with van der Waals surface area (Å²) in [7, 11) is 1.64. The van der Waals surface area contributed by atoms with E-state index in [0.29, 0.717) is 30.8 Å². The molecule has 7 heteroatoms. The first kappa shape index (κ1) is 30.0. The monoisotopic (exact) mass is 578 g/mol. The van der Waals surface area contributed by atoms with Gasteiger partial charge < -0.3 is 15.0 Å². The maximum Gasteiger partial charge on any atom is 0.243 e. The van der Waals surface area contributed by atoms with E-state index in [1.165, 1.54) is 6.42 Å². The van der Waals surface area contributed by atoms with Gasteiger partial charge in [-0.25, -0.2) is 0 Å². The summed E-state index contributed by atoms with van der Waals surface area (Å²) >= 11 is 7.72. The van der Waals surface area contributed by atoms with E-state index in [0.717, 1.165) is 53.2 Å². The number of nitrogens with zero attached hydrogens (tertiary/aromatic N) is 1. The molecule has 0 aliphatic heterocycles. The lowest BCUT2D eigenvalue weighted by molar-refractivity contribution is -0.141. The molecule has 0 unspecified atom stereocenters. The van der Waals surface area contributed by atoms with Crippen molar-refractivity contribution in [3.63, 3.8) is 0 Å². The highest BCUT2D eigenvalue weighted by molar-refractivity contribution is 7.99. The summed E-state index contributed by atoms with van der Waals surface area (Å²) in [6.07, 6.45) is 7.02. The number of thioether (sulfide) groups is 1. The van der Waals surface area contributed by atoms with Gasteiger partial charge in [0.25, 0.3) is 0 Å². The molecular formula is C33H39ClN2O3S. The van der Waals surface area contributed by atoms with E-state index in [4.69, 9.17) is 16.3 Å². The van der Waals surface area contributed by atoms with Crippen molar-refractivity contribution < 1.29 is 14.3 Å². The van der Waals surface area contributed by atoms with E-state index in [9.17, 15) is 9.59 Å². The van der Waals surface area contributed by atoms with Crippen molar-refractivity contribution in [1.82, 2.24) is 10.2 Å². The number of hydrogen-bond acceptors (Lipinski definition) is 4. The smallest absolute Gasteiger partial charge is 0.243 e. The lowest BCUT2D eigenvalue weighted by atomic mass is 9.94. The molecule has 0 heterocycles. The Morgan fingerprint density at radius 2 is 1.70 bits per heavy atom. The van der Waals surface area contributed by atoms with Crippen LogP contribution >= 0.6 is 23.4 Å². The number of benzene rings is 3. The zero-order valence-corrected chi connectivity index (χ0v) is 24.8. The van der Waals surface area contributed by atoms with Crippen molar-refractivity contribution in [2.24, 2.45) is 0 Å². The van der Waals surface area contributed by atoms with E-state index >= 15 is 0 Å². The Morgan fingerprint density at radius 3 is 2.42 bits per heavy atom. The average molecular weight is 579 g/mol. The second kappa shape index (κ2) is 15.7. The van der Waals surface area contributed by atoms with Crippen LogP contribution in [0.4, 0.5) is 0 Å². The molecule has 4 rings (SSSR count). The highest BCUT2D eigenvalue weighted by Gasteiger charge is 2.31. The highest BCUT2D eigenvalue weighted by atomic mass is 35.5. The van der Waals surface area contributed by atoms with E-state index in [1.54, 1.807) is 23.8 Å². The summed E-state index contributed by atoms with van der Waals surface area (Å²) in [5.41, 5.74) is 1.97. The van der Waals surface area contributed by atoms with Gasteiger partial charge in [-0.3, -0.25) is 9.59 Å². The summed E-state index contributed by atoms with van der Waals surface area (Å²) in [5, 5.41) is 4.02. The van der Waals surface area contributed by atoms with Crippen molar-refractivity contribution in [2.75, 3.05) is 12.9 Å². The van der Waals surface area contributed by atoms with Crippen LogP contribution in [-0.4, -0.2) is 41.7 Å². The van der Waals surface area contributed by atoms with Gasteiger partial charge in [-0.05, 0) is 72.5 Å². The molecule has 212 valence electrons. The fraction of sp³-hybridized carbons (Fsp3) is 0.394. The zero-order chi connectivity index (χ0) is 28.2. The third-order valence-electron chi connectivity index (χ3n) is 7.33. The number of amides is 2. The first-order valence-corrected chi connectivity index (χ1v) is 15.5. The summed E-state index contributed by atoms with van der Waals surface area (Å²) in [5.74, 6) is 1.45. The molecule has 0 bridgehead atoms. The Hall–Kier alpha value is -2.96. The summed E-state index contributed by atoms with van der Waals surface area (Å²) in [6.45, 7) is 0.343. The molecule has 1 fully saturated rings. The zero-order valence-electron chi connectivity index (χ0n) is 23.2. The number of nitrogens with one attached hydrogen (secondary N) is 1. The minimum absolute atomic E-state index is 0.0146. The van der Waals surface area contributed by atoms with Crippen LogP contribution in [0.15, 0.2) is 83.8 Å². The Labute approximate surface area is 247 Å². The van der Waals surface area contributed by atoms with Crippen LogP contribution in [-0.2, 0) is 22.6 Å².